The van der Waals surface area contributed by atoms with Gasteiger partial charge in [-0.25, -0.2) is 0 Å². The monoisotopic (exact) mass is 399 g/mol. The Hall–Kier alpha value is -1.59. The van der Waals surface area contributed by atoms with Crippen LogP contribution in [-0.4, -0.2) is 41.1 Å². The molecule has 0 unspecified atom stereocenters. The van der Waals surface area contributed by atoms with E-state index in [1.165, 1.54) is 37.1 Å². The maximum Gasteiger partial charge on any atom is 0.253 e. The van der Waals surface area contributed by atoms with E-state index in [9.17, 15) is 4.79 Å². The molecule has 1 N–H and O–H groups in total. The number of carbonyl (C=O) groups excluding carboxylic acids is 1. The molecule has 1 aliphatic heterocycles. The first-order valence-corrected chi connectivity index (χ1v) is 11.7. The van der Waals surface area contributed by atoms with Gasteiger partial charge in [-0.05, 0) is 63.0 Å². The highest BCUT2D eigenvalue weighted by Gasteiger charge is 2.25. The summed E-state index contributed by atoms with van der Waals surface area (Å²) in [4.78, 5) is 16.9. The second-order valence-electron chi connectivity index (χ2n) is 8.65. The zero-order chi connectivity index (χ0) is 19.5. The van der Waals surface area contributed by atoms with E-state index in [1.54, 1.807) is 11.3 Å². The van der Waals surface area contributed by atoms with Crippen LogP contribution in [0.4, 0.5) is 0 Å². The normalized spacial score (nSPS) is 19.4. The third kappa shape index (κ3) is 4.52. The van der Waals surface area contributed by atoms with Crippen molar-refractivity contribution in [2.75, 3.05) is 19.6 Å². The van der Waals surface area contributed by atoms with Gasteiger partial charge >= 0.3 is 0 Å². The summed E-state index contributed by atoms with van der Waals surface area (Å²) in [7, 11) is 0. The van der Waals surface area contributed by atoms with Gasteiger partial charge in [-0.15, -0.1) is 11.3 Å². The number of thiophene rings is 1. The van der Waals surface area contributed by atoms with Crippen molar-refractivity contribution < 1.29 is 4.79 Å². The second-order valence-corrected chi connectivity index (χ2v) is 9.68. The maximum atomic E-state index is 12.9. The topological polar surface area (TPSA) is 37.3 Å². The van der Waals surface area contributed by atoms with E-state index >= 15 is 0 Å². The molecule has 0 atom stereocenters. The molecule has 3 heterocycles. The molecule has 4 nitrogen and oxygen atoms in total. The summed E-state index contributed by atoms with van der Waals surface area (Å²) in [5, 5.41) is 5.42. The third-order valence-corrected chi connectivity index (χ3v) is 7.49. The van der Waals surface area contributed by atoms with E-state index < -0.39 is 0 Å². The van der Waals surface area contributed by atoms with Gasteiger partial charge < -0.3 is 14.8 Å². The van der Waals surface area contributed by atoms with Crippen LogP contribution in [0.2, 0.25) is 0 Å². The third-order valence-electron chi connectivity index (χ3n) is 6.63. The van der Waals surface area contributed by atoms with Crippen LogP contribution in [0.5, 0.6) is 0 Å². The molecule has 0 bridgehead atoms. The number of amides is 1. The number of aryl methyl sites for hydroxylation is 1. The molecule has 1 aliphatic carbocycles. The van der Waals surface area contributed by atoms with Crippen LogP contribution >= 0.6 is 11.3 Å². The standard InChI is InChI=1S/C23H33N3OS/c1-17-14-22(18(2)26(17)16-21-8-5-13-28-21)23(27)24-20-9-11-25(12-10-20)15-19-6-3-4-7-19/h5,8,13-14,19-20H,3-4,6-7,9-12,15-16H2,1-2H3,(H,24,27). The number of nitrogens with zero attached hydrogens (tertiary/aromatic N) is 2. The Bertz CT molecular complexity index is 781. The summed E-state index contributed by atoms with van der Waals surface area (Å²) in [6.07, 6.45) is 7.82. The van der Waals surface area contributed by atoms with E-state index in [2.05, 4.69) is 46.1 Å². The minimum Gasteiger partial charge on any atom is -0.349 e. The highest BCUT2D eigenvalue weighted by molar-refractivity contribution is 7.09. The summed E-state index contributed by atoms with van der Waals surface area (Å²) in [6, 6.07) is 6.60. The van der Waals surface area contributed by atoms with Gasteiger partial charge in [0.15, 0.2) is 0 Å². The average molecular weight is 400 g/mol. The van der Waals surface area contributed by atoms with Crippen molar-refractivity contribution in [2.45, 2.75) is 65.0 Å². The molecule has 2 fully saturated rings. The first kappa shape index (κ1) is 19.7. The maximum absolute atomic E-state index is 12.9. The summed E-state index contributed by atoms with van der Waals surface area (Å²) in [5.41, 5.74) is 3.06. The van der Waals surface area contributed by atoms with Gasteiger partial charge in [0.2, 0.25) is 0 Å². The lowest BCUT2D eigenvalue weighted by molar-refractivity contribution is 0.0905. The van der Waals surface area contributed by atoms with Gasteiger partial charge in [0.25, 0.3) is 5.91 Å². The molecule has 28 heavy (non-hydrogen) atoms. The predicted octanol–water partition coefficient (Wildman–Crippen LogP) is 4.60. The zero-order valence-corrected chi connectivity index (χ0v) is 18.1. The number of aromatic nitrogens is 1. The van der Waals surface area contributed by atoms with Crippen molar-refractivity contribution >= 4 is 17.2 Å². The molecule has 1 saturated heterocycles. The molecule has 0 radical (unpaired) electrons. The van der Waals surface area contributed by atoms with Crippen molar-refractivity contribution in [3.05, 3.63) is 45.4 Å². The van der Waals surface area contributed by atoms with Crippen molar-refractivity contribution in [1.82, 2.24) is 14.8 Å². The van der Waals surface area contributed by atoms with Crippen molar-refractivity contribution in [2.24, 2.45) is 5.92 Å². The Morgan fingerprint density at radius 1 is 1.18 bits per heavy atom. The number of nitrogens with one attached hydrogen (secondary N) is 1. The van der Waals surface area contributed by atoms with Crippen molar-refractivity contribution in [3.8, 4) is 0 Å². The number of hydrogen-bond donors (Lipinski definition) is 1. The highest BCUT2D eigenvalue weighted by Crippen LogP contribution is 2.26. The molecule has 5 heteroatoms. The Morgan fingerprint density at radius 2 is 1.93 bits per heavy atom. The smallest absolute Gasteiger partial charge is 0.253 e. The average Bonchev–Trinajstić information content (AvgIpc) is 3.43. The molecule has 1 saturated carbocycles. The van der Waals surface area contributed by atoms with E-state index in [4.69, 9.17) is 0 Å². The van der Waals surface area contributed by atoms with Crippen molar-refractivity contribution in [3.63, 3.8) is 0 Å². The first-order chi connectivity index (χ1) is 13.6. The van der Waals surface area contributed by atoms with Crippen LogP contribution in [-0.2, 0) is 6.54 Å². The second kappa shape index (κ2) is 8.83. The number of carbonyl (C=O) groups is 1. The number of piperidine rings is 1. The summed E-state index contributed by atoms with van der Waals surface area (Å²) in [5.74, 6) is 1.01. The SMILES string of the molecule is Cc1cc(C(=O)NC2CCN(CC3CCCC3)CC2)c(C)n1Cc1cccs1. The van der Waals surface area contributed by atoms with Gasteiger partial charge in [-0.2, -0.15) is 0 Å². The van der Waals surface area contributed by atoms with E-state index in [0.29, 0.717) is 6.04 Å². The Labute approximate surface area is 172 Å². The lowest BCUT2D eigenvalue weighted by atomic mass is 10.0. The van der Waals surface area contributed by atoms with Crippen LogP contribution in [0.3, 0.4) is 0 Å². The van der Waals surface area contributed by atoms with Crippen LogP contribution < -0.4 is 5.32 Å². The van der Waals surface area contributed by atoms with E-state index in [0.717, 1.165) is 55.3 Å². The van der Waals surface area contributed by atoms with Gasteiger partial charge in [0, 0.05) is 41.9 Å². The van der Waals surface area contributed by atoms with Crippen LogP contribution in [0.15, 0.2) is 23.6 Å². The molecule has 0 aromatic carbocycles. The molecule has 1 amide bonds. The minimum absolute atomic E-state index is 0.0970. The minimum atomic E-state index is 0.0970. The van der Waals surface area contributed by atoms with Gasteiger partial charge in [0.05, 0.1) is 12.1 Å². The predicted molar refractivity (Wildman–Crippen MR) is 116 cm³/mol. The molecule has 152 valence electrons. The molecule has 2 aromatic heterocycles. The summed E-state index contributed by atoms with van der Waals surface area (Å²) in [6.45, 7) is 8.53. The highest BCUT2D eigenvalue weighted by atomic mass is 32.1. The van der Waals surface area contributed by atoms with Crippen LogP contribution in [0.1, 0.15) is 65.1 Å². The number of hydrogen-bond acceptors (Lipinski definition) is 3. The number of rotatable bonds is 6. The lowest BCUT2D eigenvalue weighted by Crippen LogP contribution is -2.45. The quantitative estimate of drug-likeness (QED) is 0.771. The Kier molecular flexibility index (Phi) is 6.22. The molecular weight excluding hydrogens is 366 g/mol. The molecule has 2 aliphatic rings. The van der Waals surface area contributed by atoms with Crippen LogP contribution in [0, 0.1) is 19.8 Å². The zero-order valence-electron chi connectivity index (χ0n) is 17.2. The number of likely N-dealkylation sites (tertiary alicyclic amines) is 1. The fraction of sp³-hybridized carbons (Fsp3) is 0.609. The van der Waals surface area contributed by atoms with E-state index in [1.807, 2.05) is 6.07 Å². The Morgan fingerprint density at radius 3 is 2.61 bits per heavy atom. The fourth-order valence-electron chi connectivity index (χ4n) is 4.91. The summed E-state index contributed by atoms with van der Waals surface area (Å²) >= 11 is 1.77. The molecule has 0 spiro atoms. The first-order valence-electron chi connectivity index (χ1n) is 10.8. The van der Waals surface area contributed by atoms with Crippen LogP contribution in [0.25, 0.3) is 0 Å². The van der Waals surface area contributed by atoms with Gasteiger partial charge in [-0.1, -0.05) is 18.9 Å². The van der Waals surface area contributed by atoms with Gasteiger partial charge in [-0.3, -0.25) is 4.79 Å². The van der Waals surface area contributed by atoms with Crippen molar-refractivity contribution in [1.29, 1.82) is 0 Å². The molecular formula is C23H33N3OS. The Balaban J connectivity index is 1.31. The van der Waals surface area contributed by atoms with Gasteiger partial charge in [0.1, 0.15) is 0 Å². The van der Waals surface area contributed by atoms with E-state index in [-0.39, 0.29) is 5.91 Å². The summed E-state index contributed by atoms with van der Waals surface area (Å²) < 4.78 is 2.25. The lowest BCUT2D eigenvalue weighted by Gasteiger charge is -2.33. The molecule has 4 rings (SSSR count). The fourth-order valence-corrected chi connectivity index (χ4v) is 5.61. The molecule has 2 aromatic rings. The largest absolute Gasteiger partial charge is 0.349 e.